The van der Waals surface area contributed by atoms with E-state index in [-0.39, 0.29) is 34.0 Å². The molecule has 0 saturated heterocycles. The van der Waals surface area contributed by atoms with Gasteiger partial charge in [0.1, 0.15) is 13.1 Å². The summed E-state index contributed by atoms with van der Waals surface area (Å²) >= 11 is 4.75. The van der Waals surface area contributed by atoms with Gasteiger partial charge in [0.2, 0.25) is 0 Å². The number of nitrogens with zero attached hydrogens (tertiary/aromatic N) is 4. The highest BCUT2D eigenvalue weighted by Gasteiger charge is 2.25. The molecule has 0 atom stereocenters. The largest absolute Gasteiger partial charge is 0.858 e. The summed E-state index contributed by atoms with van der Waals surface area (Å²) in [6.45, 7) is 16.3. The molecule has 0 amide bonds. The SMILES string of the molecule is Br.Br.CC[N+](CC)(CCN=C([O-])C([O-])=NCC[N+](CC)(CC)Cc1ccccc1I)Cc1ccccc1I. The van der Waals surface area contributed by atoms with Crippen molar-refractivity contribution < 1.29 is 19.2 Å². The molecule has 0 unspecified atom stereocenters. The van der Waals surface area contributed by atoms with Crippen molar-refractivity contribution in [2.24, 2.45) is 9.98 Å². The maximum atomic E-state index is 12.4. The summed E-state index contributed by atoms with van der Waals surface area (Å²) < 4.78 is 4.15. The zero-order valence-corrected chi connectivity index (χ0v) is 30.6. The zero-order valence-electron chi connectivity index (χ0n) is 22.9. The molecule has 2 aromatic rings. The highest BCUT2D eigenvalue weighted by molar-refractivity contribution is 14.1. The van der Waals surface area contributed by atoms with Crippen molar-refractivity contribution >= 4 is 90.9 Å². The Kier molecular flexibility index (Phi) is 18.8. The molecular weight excluding hydrogens is 838 g/mol. The lowest BCUT2D eigenvalue weighted by atomic mass is 10.1. The zero-order chi connectivity index (χ0) is 26.6. The third kappa shape index (κ3) is 11.3. The van der Waals surface area contributed by atoms with E-state index >= 15 is 0 Å². The van der Waals surface area contributed by atoms with Crippen LogP contribution in [0.25, 0.3) is 0 Å². The molecule has 6 nitrogen and oxygen atoms in total. The number of likely N-dealkylation sites (N-methyl/N-ethyl adjacent to an activating group) is 2. The first-order valence-electron chi connectivity index (χ1n) is 12.8. The molecule has 214 valence electrons. The van der Waals surface area contributed by atoms with Crippen LogP contribution < -0.4 is 10.2 Å². The van der Waals surface area contributed by atoms with E-state index < -0.39 is 11.8 Å². The molecule has 0 spiro atoms. The van der Waals surface area contributed by atoms with Crippen molar-refractivity contribution in [2.75, 3.05) is 52.4 Å². The molecule has 0 radical (unpaired) electrons. The van der Waals surface area contributed by atoms with Crippen LogP contribution in [0.15, 0.2) is 58.5 Å². The van der Waals surface area contributed by atoms with Crippen molar-refractivity contribution in [3.05, 3.63) is 66.8 Å². The maximum absolute atomic E-state index is 12.4. The van der Waals surface area contributed by atoms with Crippen LogP contribution in [0, 0.1) is 7.14 Å². The minimum atomic E-state index is -0.724. The highest BCUT2D eigenvalue weighted by atomic mass is 127. The topological polar surface area (TPSA) is 70.8 Å². The predicted octanol–water partition coefficient (Wildman–Crippen LogP) is 4.98. The lowest BCUT2D eigenvalue weighted by molar-refractivity contribution is -0.936. The average molecular weight is 880 g/mol. The molecule has 0 saturated carbocycles. The van der Waals surface area contributed by atoms with Crippen molar-refractivity contribution in [1.82, 2.24) is 0 Å². The Bertz CT molecular complexity index is 948. The number of halogens is 4. The first kappa shape index (κ1) is 37.7. The van der Waals surface area contributed by atoms with E-state index in [2.05, 4.69) is 119 Å². The van der Waals surface area contributed by atoms with Gasteiger partial charge >= 0.3 is 0 Å². The fraction of sp³-hybridized carbons (Fsp3) is 0.500. The van der Waals surface area contributed by atoms with Crippen LogP contribution in [0.4, 0.5) is 0 Å². The first-order valence-corrected chi connectivity index (χ1v) is 15.0. The van der Waals surface area contributed by atoms with Crippen LogP contribution in [0.5, 0.6) is 0 Å². The summed E-state index contributed by atoms with van der Waals surface area (Å²) in [5.74, 6) is -1.45. The van der Waals surface area contributed by atoms with Crippen molar-refractivity contribution in [3.8, 4) is 0 Å². The van der Waals surface area contributed by atoms with Gasteiger partial charge in [-0.1, -0.05) is 36.4 Å². The smallest absolute Gasteiger partial charge is 0.105 e. The van der Waals surface area contributed by atoms with Gasteiger partial charge in [-0.05, 0) is 96.8 Å². The average Bonchev–Trinajstić information content (AvgIpc) is 2.89. The Balaban J connectivity index is 0.00000684. The fourth-order valence-corrected chi connectivity index (χ4v) is 5.64. The van der Waals surface area contributed by atoms with E-state index in [9.17, 15) is 10.2 Å². The second kappa shape index (κ2) is 19.0. The van der Waals surface area contributed by atoms with Gasteiger partial charge in [0, 0.05) is 18.3 Å². The molecule has 0 aliphatic heterocycles. The van der Waals surface area contributed by atoms with Gasteiger partial charge in [-0.15, -0.1) is 34.0 Å². The summed E-state index contributed by atoms with van der Waals surface area (Å²) in [7, 11) is 0. The van der Waals surface area contributed by atoms with Crippen LogP contribution in [-0.2, 0) is 13.1 Å². The van der Waals surface area contributed by atoms with Gasteiger partial charge in [0.05, 0.1) is 52.4 Å². The molecule has 0 N–H and O–H groups in total. The molecule has 0 bridgehead atoms. The summed E-state index contributed by atoms with van der Waals surface area (Å²) in [5, 5.41) is 24.8. The van der Waals surface area contributed by atoms with Crippen molar-refractivity contribution in [3.63, 3.8) is 0 Å². The van der Waals surface area contributed by atoms with Gasteiger partial charge < -0.3 is 19.2 Å². The number of hydrogen-bond donors (Lipinski definition) is 0. The molecule has 38 heavy (non-hydrogen) atoms. The molecule has 0 heterocycles. The Hall–Kier alpha value is -0.280. The number of quaternary nitrogens is 2. The van der Waals surface area contributed by atoms with Crippen LogP contribution in [0.1, 0.15) is 38.8 Å². The monoisotopic (exact) mass is 878 g/mol. The minimum absolute atomic E-state index is 0. The van der Waals surface area contributed by atoms with Crippen LogP contribution in [-0.4, -0.2) is 73.1 Å². The highest BCUT2D eigenvalue weighted by Crippen LogP contribution is 2.20. The predicted molar refractivity (Wildman–Crippen MR) is 183 cm³/mol. The summed E-state index contributed by atoms with van der Waals surface area (Å²) in [5.41, 5.74) is 2.61. The van der Waals surface area contributed by atoms with E-state index in [1.54, 1.807) is 0 Å². The molecule has 0 aromatic heterocycles. The van der Waals surface area contributed by atoms with Gasteiger partial charge in [0.25, 0.3) is 0 Å². The molecule has 2 rings (SSSR count). The minimum Gasteiger partial charge on any atom is -0.858 e. The maximum Gasteiger partial charge on any atom is 0.105 e. The fourth-order valence-electron chi connectivity index (χ4n) is 4.52. The molecule has 2 aromatic carbocycles. The molecule has 0 aliphatic carbocycles. The molecule has 0 aliphatic rings. The summed E-state index contributed by atoms with van der Waals surface area (Å²) in [6.07, 6.45) is 0. The first-order chi connectivity index (χ1) is 17.2. The second-order valence-corrected chi connectivity index (χ2v) is 11.6. The summed E-state index contributed by atoms with van der Waals surface area (Å²) in [6, 6.07) is 16.8. The molecule has 0 fully saturated rings. The van der Waals surface area contributed by atoms with Crippen molar-refractivity contribution in [2.45, 2.75) is 40.8 Å². The third-order valence-corrected chi connectivity index (χ3v) is 9.56. The van der Waals surface area contributed by atoms with Gasteiger partial charge in [0.15, 0.2) is 0 Å². The Labute approximate surface area is 277 Å². The van der Waals surface area contributed by atoms with E-state index in [0.717, 1.165) is 61.3 Å². The number of aliphatic imine (C=N–C) groups is 2. The molecule has 10 heteroatoms. The van der Waals surface area contributed by atoms with Crippen LogP contribution >= 0.6 is 79.1 Å². The Morgan fingerprint density at radius 3 is 1.24 bits per heavy atom. The number of hydrogen-bond acceptors (Lipinski definition) is 4. The molecular formula is C28H42Br2I2N4O2. The Morgan fingerprint density at radius 1 is 0.632 bits per heavy atom. The van der Waals surface area contributed by atoms with E-state index in [4.69, 9.17) is 0 Å². The Morgan fingerprint density at radius 2 is 0.947 bits per heavy atom. The second-order valence-electron chi connectivity index (χ2n) is 9.27. The van der Waals surface area contributed by atoms with Crippen molar-refractivity contribution in [1.29, 1.82) is 0 Å². The number of benzene rings is 2. The number of rotatable bonds is 14. The van der Waals surface area contributed by atoms with Gasteiger partial charge in [-0.2, -0.15) is 0 Å². The summed E-state index contributed by atoms with van der Waals surface area (Å²) in [4.78, 5) is 8.20. The van der Waals surface area contributed by atoms with E-state index in [1.165, 1.54) is 18.3 Å². The lowest BCUT2D eigenvalue weighted by Crippen LogP contribution is -2.49. The standard InChI is InChI=1S/C28H40I2N4O2.2BrH/c1-5-33(6-2,21-23-13-9-11-15-25(23)29)19-17-31-27(35)28(36)32-18-20-34(7-3,8-4)22-24-14-10-12-16-26(24)30;;/h9-16H,5-8,17-22H2,1-4H3;2*1H. The van der Waals surface area contributed by atoms with Gasteiger partial charge in [-0.3, -0.25) is 9.98 Å². The lowest BCUT2D eigenvalue weighted by Gasteiger charge is -2.37. The normalized spacial score (nSPS) is 12.6. The van der Waals surface area contributed by atoms with Gasteiger partial charge in [-0.25, -0.2) is 0 Å². The quantitative estimate of drug-likeness (QED) is 0.116. The van der Waals surface area contributed by atoms with E-state index in [0.29, 0.717) is 13.1 Å². The van der Waals surface area contributed by atoms with Crippen LogP contribution in [0.3, 0.4) is 0 Å². The van der Waals surface area contributed by atoms with Crippen LogP contribution in [0.2, 0.25) is 0 Å². The van der Waals surface area contributed by atoms with E-state index in [1.807, 2.05) is 12.1 Å². The third-order valence-electron chi connectivity index (χ3n) is 7.45.